The number of benzene rings is 1. The van der Waals surface area contributed by atoms with E-state index in [1.54, 1.807) is 0 Å². The van der Waals surface area contributed by atoms with Crippen molar-refractivity contribution < 1.29 is 9.72 Å². The molecule has 21 heavy (non-hydrogen) atoms. The van der Waals surface area contributed by atoms with Crippen molar-refractivity contribution in [2.45, 2.75) is 25.7 Å². The Balaban J connectivity index is 2.03. The third-order valence-corrected chi connectivity index (χ3v) is 4.13. The van der Waals surface area contributed by atoms with Crippen molar-refractivity contribution in [3.05, 3.63) is 49.5 Å². The van der Waals surface area contributed by atoms with E-state index < -0.39 is 10.8 Å². The second-order valence-electron chi connectivity index (χ2n) is 4.81. The van der Waals surface area contributed by atoms with Crippen molar-refractivity contribution in [2.24, 2.45) is 0 Å². The van der Waals surface area contributed by atoms with Gasteiger partial charge in [-0.25, -0.2) is 0 Å². The summed E-state index contributed by atoms with van der Waals surface area (Å²) < 4.78 is 0. The molecule has 1 aliphatic rings. The molecule has 0 saturated heterocycles. The number of allylic oxidation sites excluding steroid dienone is 1. The number of rotatable bonds is 5. The third-order valence-electron chi connectivity index (χ3n) is 3.33. The Morgan fingerprint density at radius 2 is 2.14 bits per heavy atom. The molecule has 1 N–H and O–H groups in total. The minimum atomic E-state index is -0.658. The topological polar surface area (TPSA) is 72.2 Å². The van der Waals surface area contributed by atoms with Crippen LogP contribution in [-0.2, 0) is 0 Å². The third kappa shape index (κ3) is 3.95. The molecule has 0 atom stereocenters. The molecule has 1 aliphatic carbocycles. The number of hydrogen-bond donors (Lipinski definition) is 1. The Labute approximate surface area is 132 Å². The van der Waals surface area contributed by atoms with Crippen molar-refractivity contribution in [3.8, 4) is 0 Å². The molecule has 1 amide bonds. The van der Waals surface area contributed by atoms with Crippen LogP contribution in [0.3, 0.4) is 0 Å². The summed E-state index contributed by atoms with van der Waals surface area (Å²) in [5, 5.41) is 13.4. The average Bonchev–Trinajstić information content (AvgIpc) is 2.94. The van der Waals surface area contributed by atoms with Crippen LogP contribution in [0.5, 0.6) is 0 Å². The minimum absolute atomic E-state index is 0.00508. The molecule has 2 rings (SSSR count). The summed E-state index contributed by atoms with van der Waals surface area (Å²) in [4.78, 5) is 22.2. The predicted molar refractivity (Wildman–Crippen MR) is 82.0 cm³/mol. The fourth-order valence-corrected chi connectivity index (χ4v) is 2.63. The van der Waals surface area contributed by atoms with Crippen molar-refractivity contribution in [3.63, 3.8) is 0 Å². The maximum absolute atomic E-state index is 12.0. The Hall–Kier alpha value is -1.59. The van der Waals surface area contributed by atoms with Gasteiger partial charge in [0.1, 0.15) is 5.02 Å². The van der Waals surface area contributed by atoms with Gasteiger partial charge in [-0.15, -0.1) is 0 Å². The van der Waals surface area contributed by atoms with Gasteiger partial charge in [0.05, 0.1) is 9.95 Å². The number of nitro benzene ring substituents is 1. The van der Waals surface area contributed by atoms with Crippen LogP contribution >= 0.6 is 23.2 Å². The summed E-state index contributed by atoms with van der Waals surface area (Å²) in [5.74, 6) is -0.393. The van der Waals surface area contributed by atoms with Crippen molar-refractivity contribution in [1.82, 2.24) is 5.32 Å². The minimum Gasteiger partial charge on any atom is -0.352 e. The summed E-state index contributed by atoms with van der Waals surface area (Å²) in [5.41, 5.74) is 1.11. The van der Waals surface area contributed by atoms with Gasteiger partial charge in [0, 0.05) is 18.2 Å². The van der Waals surface area contributed by atoms with Crippen LogP contribution < -0.4 is 5.32 Å². The average molecular weight is 329 g/mol. The fraction of sp³-hybridized carbons (Fsp3) is 0.357. The van der Waals surface area contributed by atoms with E-state index in [9.17, 15) is 14.9 Å². The van der Waals surface area contributed by atoms with Gasteiger partial charge >= 0.3 is 0 Å². The molecule has 0 saturated carbocycles. The van der Waals surface area contributed by atoms with E-state index in [4.69, 9.17) is 23.2 Å². The smallest absolute Gasteiger partial charge is 0.290 e. The van der Waals surface area contributed by atoms with Gasteiger partial charge in [-0.1, -0.05) is 34.9 Å². The molecule has 7 heteroatoms. The van der Waals surface area contributed by atoms with E-state index >= 15 is 0 Å². The van der Waals surface area contributed by atoms with Gasteiger partial charge in [-0.3, -0.25) is 14.9 Å². The number of nitrogens with one attached hydrogen (secondary N) is 1. The summed E-state index contributed by atoms with van der Waals surface area (Å²) in [7, 11) is 0. The lowest BCUT2D eigenvalue weighted by Crippen LogP contribution is -2.24. The SMILES string of the molecule is O=C(NCCC1=CCCC1)c1cc(Cl)c(Cl)c([N+](=O)[O-])c1. The highest BCUT2D eigenvalue weighted by atomic mass is 35.5. The molecule has 0 bridgehead atoms. The van der Waals surface area contributed by atoms with Crippen LogP contribution in [0.15, 0.2) is 23.8 Å². The molecule has 1 aromatic carbocycles. The van der Waals surface area contributed by atoms with Gasteiger partial charge in [0.15, 0.2) is 0 Å². The predicted octanol–water partition coefficient (Wildman–Crippen LogP) is 4.13. The van der Waals surface area contributed by atoms with Crippen LogP contribution in [0.4, 0.5) is 5.69 Å². The first-order valence-electron chi connectivity index (χ1n) is 6.58. The summed E-state index contributed by atoms with van der Waals surface area (Å²) in [6.45, 7) is 0.499. The molecule has 0 fully saturated rings. The lowest BCUT2D eigenvalue weighted by Gasteiger charge is -2.07. The Morgan fingerprint density at radius 1 is 1.38 bits per heavy atom. The van der Waals surface area contributed by atoms with E-state index in [1.807, 2.05) is 0 Å². The molecule has 0 aliphatic heterocycles. The molecule has 0 aromatic heterocycles. The molecule has 112 valence electrons. The van der Waals surface area contributed by atoms with Crippen molar-refractivity contribution in [1.29, 1.82) is 0 Å². The Kier molecular flexibility index (Phi) is 5.20. The van der Waals surface area contributed by atoms with Crippen molar-refractivity contribution in [2.75, 3.05) is 6.54 Å². The summed E-state index contributed by atoms with van der Waals surface area (Å²) in [6.07, 6.45) is 6.34. The maximum Gasteiger partial charge on any atom is 0.290 e. The second-order valence-corrected chi connectivity index (χ2v) is 5.59. The van der Waals surface area contributed by atoms with Gasteiger partial charge < -0.3 is 5.32 Å². The number of carbonyl (C=O) groups excluding carboxylic acids is 1. The molecule has 0 spiro atoms. The van der Waals surface area contributed by atoms with E-state index in [1.165, 1.54) is 18.1 Å². The number of halogens is 2. The first-order valence-corrected chi connectivity index (χ1v) is 7.34. The van der Waals surface area contributed by atoms with Crippen LogP contribution in [0.2, 0.25) is 10.0 Å². The van der Waals surface area contributed by atoms with Crippen molar-refractivity contribution >= 4 is 34.8 Å². The normalized spacial score (nSPS) is 13.9. The largest absolute Gasteiger partial charge is 0.352 e. The zero-order valence-corrected chi connectivity index (χ0v) is 12.7. The maximum atomic E-state index is 12.0. The van der Waals surface area contributed by atoms with Crippen LogP contribution in [0, 0.1) is 10.1 Å². The molecule has 0 radical (unpaired) electrons. The number of nitro groups is 1. The van der Waals surface area contributed by atoms with Gasteiger partial charge in [0.25, 0.3) is 11.6 Å². The Bertz CT molecular complexity index is 614. The first kappa shape index (κ1) is 15.8. The second kappa shape index (κ2) is 6.91. The van der Waals surface area contributed by atoms with Gasteiger partial charge in [-0.05, 0) is 31.7 Å². The molecule has 5 nitrogen and oxygen atoms in total. The number of hydrogen-bond acceptors (Lipinski definition) is 3. The van der Waals surface area contributed by atoms with Gasteiger partial charge in [-0.2, -0.15) is 0 Å². The quantitative estimate of drug-likeness (QED) is 0.501. The number of amides is 1. The summed E-state index contributed by atoms with van der Waals surface area (Å²) in [6, 6.07) is 2.47. The van der Waals surface area contributed by atoms with Gasteiger partial charge in [0.2, 0.25) is 0 Å². The lowest BCUT2D eigenvalue weighted by atomic mass is 10.1. The standard InChI is InChI=1S/C14H14Cl2N2O3/c15-11-7-10(8-12(13(11)16)18(20)21)14(19)17-6-5-9-3-1-2-4-9/h3,7-8H,1-2,4-6H2,(H,17,19). The van der Waals surface area contributed by atoms with Crippen LogP contribution in [0.25, 0.3) is 0 Å². The molecule has 0 heterocycles. The molecule has 0 unspecified atom stereocenters. The number of carbonyl (C=O) groups is 1. The van der Waals surface area contributed by atoms with Crippen LogP contribution in [-0.4, -0.2) is 17.4 Å². The van der Waals surface area contributed by atoms with E-state index in [2.05, 4.69) is 11.4 Å². The zero-order chi connectivity index (χ0) is 15.4. The molecular formula is C14H14Cl2N2O3. The van der Waals surface area contributed by atoms with E-state index in [0.717, 1.165) is 25.3 Å². The van der Waals surface area contributed by atoms with E-state index in [-0.39, 0.29) is 21.3 Å². The molecule has 1 aromatic rings. The van der Waals surface area contributed by atoms with Crippen LogP contribution in [0.1, 0.15) is 36.0 Å². The first-order chi connectivity index (χ1) is 9.99. The van der Waals surface area contributed by atoms with E-state index in [0.29, 0.717) is 6.54 Å². The highest BCUT2D eigenvalue weighted by molar-refractivity contribution is 6.43. The monoisotopic (exact) mass is 328 g/mol. The fourth-order valence-electron chi connectivity index (χ4n) is 2.24. The lowest BCUT2D eigenvalue weighted by molar-refractivity contribution is -0.384. The highest BCUT2D eigenvalue weighted by Crippen LogP contribution is 2.33. The molecular weight excluding hydrogens is 315 g/mol. The zero-order valence-electron chi connectivity index (χ0n) is 11.2. The summed E-state index contributed by atoms with van der Waals surface area (Å²) >= 11 is 11.6. The Morgan fingerprint density at radius 3 is 2.76 bits per heavy atom. The number of nitrogens with zero attached hydrogens (tertiary/aromatic N) is 1. The highest BCUT2D eigenvalue weighted by Gasteiger charge is 2.20.